The van der Waals surface area contributed by atoms with E-state index in [1.807, 2.05) is 13.8 Å². The first-order valence-corrected chi connectivity index (χ1v) is 12.0. The third-order valence-corrected chi connectivity index (χ3v) is 7.39. The van der Waals surface area contributed by atoms with Crippen LogP contribution in [0.3, 0.4) is 0 Å². The molecule has 0 aromatic heterocycles. The molecule has 31 heavy (non-hydrogen) atoms. The van der Waals surface area contributed by atoms with Gasteiger partial charge in [0.1, 0.15) is 16.3 Å². The number of sulfonamides is 1. The number of ether oxygens (including phenoxy) is 1. The minimum Gasteiger partial charge on any atom is -0.504 e. The van der Waals surface area contributed by atoms with Gasteiger partial charge in [0.2, 0.25) is 10.0 Å². The number of benzene rings is 1. The van der Waals surface area contributed by atoms with Gasteiger partial charge in [-0.3, -0.25) is 9.59 Å². The first-order valence-electron chi connectivity index (χ1n) is 10.1. The van der Waals surface area contributed by atoms with Crippen molar-refractivity contribution >= 4 is 38.7 Å². The van der Waals surface area contributed by atoms with Crippen LogP contribution in [0.5, 0.6) is 5.75 Å². The average molecular weight is 472 g/mol. The second-order valence-electron chi connectivity index (χ2n) is 7.53. The Labute approximate surface area is 185 Å². The number of halogens is 1. The Hall–Kier alpha value is -2.14. The zero-order chi connectivity index (χ0) is 22.9. The number of rotatable bonds is 9. The first kappa shape index (κ1) is 23.5. The highest BCUT2D eigenvalue weighted by Gasteiger charge is 2.32. The van der Waals surface area contributed by atoms with Crippen LogP contribution in [0.1, 0.15) is 40.0 Å². The van der Waals surface area contributed by atoms with E-state index >= 15 is 0 Å². The van der Waals surface area contributed by atoms with Crippen molar-refractivity contribution in [1.82, 2.24) is 4.72 Å². The van der Waals surface area contributed by atoms with Crippen molar-refractivity contribution in [1.29, 1.82) is 0 Å². The lowest BCUT2D eigenvalue weighted by molar-refractivity contribution is 0.0438. The highest BCUT2D eigenvalue weighted by Crippen LogP contribution is 2.38. The second-order valence-corrected chi connectivity index (χ2v) is 9.64. The predicted molar refractivity (Wildman–Crippen MR) is 120 cm³/mol. The Morgan fingerprint density at radius 2 is 1.87 bits per heavy atom. The zero-order valence-corrected chi connectivity index (χ0v) is 19.1. The van der Waals surface area contributed by atoms with Crippen LogP contribution in [0.15, 0.2) is 26.6 Å². The normalized spacial score (nSPS) is 20.1. The van der Waals surface area contributed by atoms with Gasteiger partial charge in [-0.15, -0.1) is 0 Å². The van der Waals surface area contributed by atoms with Gasteiger partial charge in [0.15, 0.2) is 5.75 Å². The molecule has 9 nitrogen and oxygen atoms in total. The summed E-state index contributed by atoms with van der Waals surface area (Å²) in [5, 5.41) is 16.2. The molecular formula is C20H26ClN3O6S. The molecule has 4 N–H and O–H groups in total. The maximum Gasteiger partial charge on any atom is 0.253 e. The van der Waals surface area contributed by atoms with Gasteiger partial charge in [0.05, 0.1) is 29.0 Å². The van der Waals surface area contributed by atoms with E-state index in [9.17, 15) is 23.1 Å². The molecule has 0 radical (unpaired) electrons. The zero-order valence-electron chi connectivity index (χ0n) is 17.5. The summed E-state index contributed by atoms with van der Waals surface area (Å²) in [4.78, 5) is 23.9. The van der Waals surface area contributed by atoms with Gasteiger partial charge < -0.3 is 20.5 Å². The summed E-state index contributed by atoms with van der Waals surface area (Å²) in [6, 6.07) is 2.45. The van der Waals surface area contributed by atoms with Gasteiger partial charge in [0.25, 0.3) is 10.9 Å². The molecule has 1 aliphatic heterocycles. The summed E-state index contributed by atoms with van der Waals surface area (Å²) in [5.41, 5.74) is -1.45. The van der Waals surface area contributed by atoms with E-state index in [0.717, 1.165) is 12.8 Å². The van der Waals surface area contributed by atoms with Crippen LogP contribution < -0.4 is 26.2 Å². The molecule has 11 heteroatoms. The van der Waals surface area contributed by atoms with E-state index in [1.54, 1.807) is 6.92 Å². The third-order valence-electron chi connectivity index (χ3n) is 5.34. The summed E-state index contributed by atoms with van der Waals surface area (Å²) in [6.45, 7) is 5.62. The van der Waals surface area contributed by atoms with Gasteiger partial charge in [-0.1, -0.05) is 25.4 Å². The minimum absolute atomic E-state index is 0.0427. The summed E-state index contributed by atoms with van der Waals surface area (Å²) in [5.74, 6) is -0.646. The van der Waals surface area contributed by atoms with Crippen molar-refractivity contribution in [2.24, 2.45) is 0 Å². The van der Waals surface area contributed by atoms with Crippen molar-refractivity contribution in [3.8, 4) is 5.75 Å². The van der Waals surface area contributed by atoms with Gasteiger partial charge >= 0.3 is 0 Å². The Morgan fingerprint density at radius 1 is 1.19 bits per heavy atom. The summed E-state index contributed by atoms with van der Waals surface area (Å²) < 4.78 is 32.9. The van der Waals surface area contributed by atoms with E-state index in [2.05, 4.69) is 15.4 Å². The molecule has 0 saturated carbocycles. The largest absolute Gasteiger partial charge is 0.504 e. The number of nitrogens with one attached hydrogen (secondary N) is 3. The number of phenolic OH excluding ortho intramolecular Hbond substituents is 1. The third kappa shape index (κ3) is 4.57. The fourth-order valence-corrected chi connectivity index (χ4v) is 5.39. The van der Waals surface area contributed by atoms with Crippen molar-refractivity contribution in [2.45, 2.75) is 63.2 Å². The lowest BCUT2D eigenvalue weighted by Crippen LogP contribution is -2.42. The van der Waals surface area contributed by atoms with Crippen LogP contribution >= 0.6 is 11.6 Å². The molecule has 3 atom stereocenters. The summed E-state index contributed by atoms with van der Waals surface area (Å²) >= 11 is 5.99. The molecule has 2 aromatic carbocycles. The topological polar surface area (TPSA) is 134 Å². The smallest absolute Gasteiger partial charge is 0.253 e. The fraction of sp³-hybridized carbons (Fsp3) is 0.500. The molecule has 0 amide bonds. The van der Waals surface area contributed by atoms with Gasteiger partial charge in [-0.2, -0.15) is 0 Å². The Balaban J connectivity index is 1.91. The monoisotopic (exact) mass is 471 g/mol. The van der Waals surface area contributed by atoms with E-state index < -0.39 is 31.5 Å². The van der Waals surface area contributed by atoms with Gasteiger partial charge in [-0.05, 0) is 38.3 Å². The second kappa shape index (κ2) is 9.15. The lowest BCUT2D eigenvalue weighted by Gasteiger charge is -2.26. The van der Waals surface area contributed by atoms with E-state index in [-0.39, 0.29) is 46.9 Å². The Morgan fingerprint density at radius 3 is 2.45 bits per heavy atom. The van der Waals surface area contributed by atoms with Gasteiger partial charge in [0, 0.05) is 6.54 Å². The highest BCUT2D eigenvalue weighted by atomic mass is 35.5. The van der Waals surface area contributed by atoms with Crippen LogP contribution in [-0.4, -0.2) is 38.3 Å². The predicted octanol–water partition coefficient (Wildman–Crippen LogP) is 2.44. The summed E-state index contributed by atoms with van der Waals surface area (Å²) in [7, 11) is -4.07. The lowest BCUT2D eigenvalue weighted by atomic mass is 10.0. The molecule has 1 unspecified atom stereocenters. The molecule has 1 aliphatic rings. The van der Waals surface area contributed by atoms with Crippen LogP contribution in [0.4, 0.5) is 17.1 Å². The molecule has 1 fully saturated rings. The quantitative estimate of drug-likeness (QED) is 0.323. The number of anilines is 3. The molecule has 3 rings (SSSR count). The van der Waals surface area contributed by atoms with Crippen LogP contribution in [0.2, 0.25) is 5.02 Å². The summed E-state index contributed by atoms with van der Waals surface area (Å²) in [6.07, 6.45) is 2.48. The molecule has 0 aliphatic carbocycles. The van der Waals surface area contributed by atoms with E-state index in [4.69, 9.17) is 16.3 Å². The highest BCUT2D eigenvalue weighted by molar-refractivity contribution is 7.89. The minimum atomic E-state index is -4.07. The fourth-order valence-electron chi connectivity index (χ4n) is 3.72. The molecule has 0 spiro atoms. The molecule has 170 valence electrons. The maximum atomic E-state index is 12.4. The average Bonchev–Trinajstić information content (AvgIpc) is 3.14. The molecule has 2 aromatic rings. The van der Waals surface area contributed by atoms with Crippen LogP contribution in [-0.2, 0) is 14.8 Å². The number of hydrogen-bond donors (Lipinski definition) is 4. The Bertz CT molecular complexity index is 1140. The number of hydrogen-bond acceptors (Lipinski definition) is 8. The van der Waals surface area contributed by atoms with E-state index in [1.165, 1.54) is 12.1 Å². The van der Waals surface area contributed by atoms with Crippen molar-refractivity contribution < 1.29 is 18.3 Å². The Kier molecular flexibility index (Phi) is 6.95. The number of aromatic hydroxyl groups is 1. The molecular weight excluding hydrogens is 446 g/mol. The molecule has 1 heterocycles. The van der Waals surface area contributed by atoms with Crippen molar-refractivity contribution in [3.63, 3.8) is 0 Å². The maximum absolute atomic E-state index is 12.4. The van der Waals surface area contributed by atoms with Crippen LogP contribution in [0, 0.1) is 0 Å². The first-order chi connectivity index (χ1) is 14.6. The number of phenols is 1. The molecule has 1 saturated heterocycles. The van der Waals surface area contributed by atoms with Gasteiger partial charge in [-0.25, -0.2) is 13.1 Å². The molecule has 0 bridgehead atoms. The standard InChI is InChI=1S/C20H26ClN3O6S/c1-4-12(14-9-6-10(3)30-14)23-15-16(19(27)18(15)26)24-13-8-7-11(21)20(17(13)25)31(28,29)22-5-2/h7-8,10,12,14,22-25H,4-6,9H2,1-3H3/t10-,12?,14-/m1/s1. The van der Waals surface area contributed by atoms with Crippen LogP contribution in [0.25, 0.3) is 0 Å². The van der Waals surface area contributed by atoms with E-state index in [0.29, 0.717) is 6.42 Å². The SMILES string of the molecule is CCNS(=O)(=O)c1c(Cl)ccc(Nc2c(NC(CC)[C@H]3CC[C@@H](C)O3)c(=O)c2=O)c1O. The van der Waals surface area contributed by atoms with Crippen molar-refractivity contribution in [2.75, 3.05) is 17.2 Å². The van der Waals surface area contributed by atoms with Crippen molar-refractivity contribution in [3.05, 3.63) is 37.6 Å².